The van der Waals surface area contributed by atoms with Crippen LogP contribution in [0.4, 0.5) is 0 Å². The van der Waals surface area contributed by atoms with Crippen LogP contribution in [0.25, 0.3) is 5.52 Å². The van der Waals surface area contributed by atoms with Gasteiger partial charge < -0.3 is 10.6 Å². The van der Waals surface area contributed by atoms with Crippen LogP contribution in [0.5, 0.6) is 0 Å². The molecule has 1 aromatic carbocycles. The average Bonchev–Trinajstić information content (AvgIpc) is 3.17. The van der Waals surface area contributed by atoms with E-state index in [1.807, 2.05) is 49.4 Å². The van der Waals surface area contributed by atoms with Crippen LogP contribution in [-0.4, -0.2) is 26.2 Å². The zero-order valence-electron chi connectivity index (χ0n) is 16.5. The molecule has 30 heavy (non-hydrogen) atoms. The Labute approximate surface area is 173 Å². The molecule has 0 aliphatic heterocycles. The third kappa shape index (κ3) is 4.20. The maximum atomic E-state index is 12.8. The molecule has 0 atom stereocenters. The van der Waals surface area contributed by atoms with Gasteiger partial charge in [0, 0.05) is 31.7 Å². The van der Waals surface area contributed by atoms with Gasteiger partial charge in [-0.3, -0.25) is 19.0 Å². The van der Waals surface area contributed by atoms with E-state index in [1.165, 1.54) is 0 Å². The summed E-state index contributed by atoms with van der Waals surface area (Å²) in [6.07, 6.45) is 5.08. The van der Waals surface area contributed by atoms with Gasteiger partial charge in [0.15, 0.2) is 5.69 Å². The number of aryl methyl sites for hydroxylation is 1. The largest absolute Gasteiger partial charge is 0.347 e. The normalized spacial score (nSPS) is 10.7. The molecular formula is C23H21N5O2. The van der Waals surface area contributed by atoms with Crippen molar-refractivity contribution in [2.24, 2.45) is 0 Å². The lowest BCUT2D eigenvalue weighted by atomic mass is 10.1. The fourth-order valence-corrected chi connectivity index (χ4v) is 3.10. The molecule has 0 radical (unpaired) electrons. The average molecular weight is 399 g/mol. The maximum absolute atomic E-state index is 12.8. The number of rotatable bonds is 6. The van der Waals surface area contributed by atoms with Crippen LogP contribution in [-0.2, 0) is 13.1 Å². The fourth-order valence-electron chi connectivity index (χ4n) is 3.10. The summed E-state index contributed by atoms with van der Waals surface area (Å²) in [6.45, 7) is 2.72. The van der Waals surface area contributed by atoms with Crippen LogP contribution in [0.2, 0.25) is 0 Å². The smallest absolute Gasteiger partial charge is 0.287 e. The first-order valence-corrected chi connectivity index (χ1v) is 9.60. The second-order valence-corrected chi connectivity index (χ2v) is 6.95. The summed E-state index contributed by atoms with van der Waals surface area (Å²) in [7, 11) is 0. The lowest BCUT2D eigenvalue weighted by Gasteiger charge is -2.04. The summed E-state index contributed by atoms with van der Waals surface area (Å²) in [4.78, 5) is 33.9. The Bertz CT molecular complexity index is 1180. The second kappa shape index (κ2) is 8.57. The number of fused-ring (bicyclic) bond motifs is 1. The summed E-state index contributed by atoms with van der Waals surface area (Å²) in [5, 5.41) is 5.71. The van der Waals surface area contributed by atoms with E-state index in [9.17, 15) is 9.59 Å². The summed E-state index contributed by atoms with van der Waals surface area (Å²) >= 11 is 0. The van der Waals surface area contributed by atoms with Gasteiger partial charge >= 0.3 is 0 Å². The van der Waals surface area contributed by atoms with Crippen molar-refractivity contribution in [1.29, 1.82) is 0 Å². The summed E-state index contributed by atoms with van der Waals surface area (Å²) in [5.74, 6) is -0.529. The molecule has 0 unspecified atom stereocenters. The molecule has 0 aliphatic rings. The SMILES string of the molecule is Cc1ccc(CNC(=O)c2nc(C(=O)NCc3cccnc3)n3ccccc23)cc1. The molecule has 2 N–H and O–H groups in total. The van der Waals surface area contributed by atoms with E-state index in [-0.39, 0.29) is 23.3 Å². The number of carbonyl (C=O) groups excluding carboxylic acids is 2. The molecular weight excluding hydrogens is 378 g/mol. The van der Waals surface area contributed by atoms with Gasteiger partial charge in [0.2, 0.25) is 5.82 Å². The molecule has 0 fully saturated rings. The van der Waals surface area contributed by atoms with E-state index in [0.717, 1.165) is 16.7 Å². The number of aromatic nitrogens is 3. The summed E-state index contributed by atoms with van der Waals surface area (Å²) < 4.78 is 1.62. The van der Waals surface area contributed by atoms with Crippen molar-refractivity contribution < 1.29 is 9.59 Å². The third-order valence-electron chi connectivity index (χ3n) is 4.72. The Morgan fingerprint density at radius 2 is 1.67 bits per heavy atom. The molecule has 0 saturated heterocycles. The predicted octanol–water partition coefficient (Wildman–Crippen LogP) is 2.90. The highest BCUT2D eigenvalue weighted by atomic mass is 16.2. The third-order valence-corrected chi connectivity index (χ3v) is 4.72. The molecule has 0 bridgehead atoms. The molecule has 7 nitrogen and oxygen atoms in total. The van der Waals surface area contributed by atoms with Crippen molar-refractivity contribution in [3.63, 3.8) is 0 Å². The van der Waals surface area contributed by atoms with Gasteiger partial charge in [-0.15, -0.1) is 0 Å². The van der Waals surface area contributed by atoms with Crippen molar-refractivity contribution in [3.8, 4) is 0 Å². The van der Waals surface area contributed by atoms with Gasteiger partial charge in [0.05, 0.1) is 5.52 Å². The molecule has 0 spiro atoms. The van der Waals surface area contributed by atoms with Crippen LogP contribution in [0, 0.1) is 6.92 Å². The van der Waals surface area contributed by atoms with Crippen molar-refractivity contribution in [1.82, 2.24) is 25.0 Å². The van der Waals surface area contributed by atoms with E-state index < -0.39 is 0 Å². The number of nitrogens with zero attached hydrogens (tertiary/aromatic N) is 3. The van der Waals surface area contributed by atoms with E-state index in [1.54, 1.807) is 35.1 Å². The Kier molecular flexibility index (Phi) is 5.52. The molecule has 2 amide bonds. The lowest BCUT2D eigenvalue weighted by molar-refractivity contribution is 0.0939. The monoisotopic (exact) mass is 399 g/mol. The first kappa shape index (κ1) is 19.3. The highest BCUT2D eigenvalue weighted by Gasteiger charge is 2.21. The minimum Gasteiger partial charge on any atom is -0.347 e. The van der Waals surface area contributed by atoms with E-state index in [2.05, 4.69) is 20.6 Å². The quantitative estimate of drug-likeness (QED) is 0.522. The number of pyridine rings is 2. The molecule has 7 heteroatoms. The van der Waals surface area contributed by atoms with Crippen molar-refractivity contribution in [2.45, 2.75) is 20.0 Å². The number of nitrogens with one attached hydrogen (secondary N) is 2. The Hall–Kier alpha value is -4.00. The van der Waals surface area contributed by atoms with Gasteiger partial charge in [0.1, 0.15) is 0 Å². The number of imidazole rings is 1. The minimum absolute atomic E-state index is 0.162. The molecule has 150 valence electrons. The second-order valence-electron chi connectivity index (χ2n) is 6.95. The predicted molar refractivity (Wildman–Crippen MR) is 113 cm³/mol. The lowest BCUT2D eigenvalue weighted by Crippen LogP contribution is -2.26. The first-order valence-electron chi connectivity index (χ1n) is 9.60. The Morgan fingerprint density at radius 1 is 0.900 bits per heavy atom. The van der Waals surface area contributed by atoms with Crippen molar-refractivity contribution in [2.75, 3.05) is 0 Å². The Morgan fingerprint density at radius 3 is 2.43 bits per heavy atom. The van der Waals surface area contributed by atoms with Crippen LogP contribution in [0.15, 0.2) is 73.2 Å². The number of benzene rings is 1. The maximum Gasteiger partial charge on any atom is 0.287 e. The highest BCUT2D eigenvalue weighted by Crippen LogP contribution is 2.14. The number of hydrogen-bond donors (Lipinski definition) is 2. The zero-order valence-corrected chi connectivity index (χ0v) is 16.5. The van der Waals surface area contributed by atoms with Crippen LogP contribution < -0.4 is 10.6 Å². The van der Waals surface area contributed by atoms with Gasteiger partial charge in [-0.1, -0.05) is 42.0 Å². The van der Waals surface area contributed by atoms with Gasteiger partial charge in [-0.2, -0.15) is 0 Å². The topological polar surface area (TPSA) is 88.4 Å². The fraction of sp³-hybridized carbons (Fsp3) is 0.130. The van der Waals surface area contributed by atoms with Crippen LogP contribution in [0.3, 0.4) is 0 Å². The molecule has 0 saturated carbocycles. The number of hydrogen-bond acceptors (Lipinski definition) is 4. The highest BCUT2D eigenvalue weighted by molar-refractivity contribution is 6.02. The number of carbonyl (C=O) groups is 2. The van der Waals surface area contributed by atoms with Gasteiger partial charge in [-0.25, -0.2) is 4.98 Å². The van der Waals surface area contributed by atoms with E-state index in [4.69, 9.17) is 0 Å². The zero-order chi connectivity index (χ0) is 20.9. The summed E-state index contributed by atoms with van der Waals surface area (Å²) in [6, 6.07) is 17.0. The van der Waals surface area contributed by atoms with Gasteiger partial charge in [-0.05, 0) is 36.2 Å². The standard InChI is InChI=1S/C23H21N5O2/c1-16-7-9-17(10-8-16)14-25-22(29)20-19-6-2-3-12-28(19)21(27-20)23(30)26-15-18-5-4-11-24-13-18/h2-13H,14-15H2,1H3,(H,25,29)(H,26,30). The first-order chi connectivity index (χ1) is 14.6. The van der Waals surface area contributed by atoms with E-state index >= 15 is 0 Å². The molecule has 4 aromatic rings. The summed E-state index contributed by atoms with van der Waals surface area (Å²) in [5.41, 5.74) is 3.82. The van der Waals surface area contributed by atoms with Crippen molar-refractivity contribution >= 4 is 17.3 Å². The van der Waals surface area contributed by atoms with Crippen LogP contribution >= 0.6 is 0 Å². The minimum atomic E-state index is -0.363. The number of amides is 2. The van der Waals surface area contributed by atoms with Crippen LogP contribution in [0.1, 0.15) is 37.8 Å². The van der Waals surface area contributed by atoms with E-state index in [0.29, 0.717) is 18.6 Å². The van der Waals surface area contributed by atoms with Gasteiger partial charge in [0.25, 0.3) is 11.8 Å². The Balaban J connectivity index is 1.53. The molecule has 3 heterocycles. The molecule has 0 aliphatic carbocycles. The molecule has 3 aromatic heterocycles. The molecule has 4 rings (SSSR count). The van der Waals surface area contributed by atoms with Crippen molar-refractivity contribution in [3.05, 3.63) is 101 Å².